The number of anilines is 1. The second-order valence-corrected chi connectivity index (χ2v) is 3.45. The van der Waals surface area contributed by atoms with Gasteiger partial charge >= 0.3 is 6.03 Å². The molecule has 0 bridgehead atoms. The van der Waals surface area contributed by atoms with Crippen molar-refractivity contribution in [1.82, 2.24) is 5.43 Å². The summed E-state index contributed by atoms with van der Waals surface area (Å²) in [5, 5.41) is 3.60. The maximum atomic E-state index is 12.0. The van der Waals surface area contributed by atoms with Crippen molar-refractivity contribution in [2.75, 3.05) is 5.73 Å². The molecule has 0 radical (unpaired) electrons. The smallest absolute Gasteiger partial charge is 0.332 e. The zero-order chi connectivity index (χ0) is 12.4. The lowest BCUT2D eigenvalue weighted by Gasteiger charge is -2.12. The summed E-state index contributed by atoms with van der Waals surface area (Å²) < 4.78 is 0. The third-order valence-electron chi connectivity index (χ3n) is 2.30. The predicted octanol–water partition coefficient (Wildman–Crippen LogP) is 0.503. The summed E-state index contributed by atoms with van der Waals surface area (Å²) in [5.41, 5.74) is 14.2. The molecule has 0 aliphatic heterocycles. The molecule has 2 amide bonds. The van der Waals surface area contributed by atoms with Gasteiger partial charge in [0, 0.05) is 5.69 Å². The summed E-state index contributed by atoms with van der Waals surface area (Å²) in [4.78, 5) is 22.5. The molecule has 17 heavy (non-hydrogen) atoms. The molecule has 86 valence electrons. The van der Waals surface area contributed by atoms with Gasteiger partial charge in [-0.15, -0.1) is 0 Å². The number of urea groups is 1. The molecule has 0 aromatic heterocycles. The van der Waals surface area contributed by atoms with Crippen LogP contribution in [0.4, 0.5) is 10.5 Å². The highest BCUT2D eigenvalue weighted by Gasteiger charge is 2.21. The molecule has 0 atom stereocenters. The van der Waals surface area contributed by atoms with Gasteiger partial charge in [-0.25, -0.2) is 10.2 Å². The molecule has 0 heterocycles. The normalized spacial score (nSPS) is 15.8. The van der Waals surface area contributed by atoms with Crippen LogP contribution in [0.5, 0.6) is 0 Å². The number of nitrogens with two attached hydrogens (primary N) is 2. The fraction of sp³-hybridized carbons (Fsp3) is 0. The van der Waals surface area contributed by atoms with Gasteiger partial charge in [0.2, 0.25) is 5.78 Å². The van der Waals surface area contributed by atoms with Gasteiger partial charge in [0.25, 0.3) is 0 Å². The number of Topliss-reactive ketones (excluding diaryl/α,β-unsaturated/α-hetero) is 1. The van der Waals surface area contributed by atoms with Crippen LogP contribution < -0.4 is 16.9 Å². The molecule has 6 heteroatoms. The van der Waals surface area contributed by atoms with Gasteiger partial charge in [0.15, 0.2) is 0 Å². The lowest BCUT2D eigenvalue weighted by Crippen LogP contribution is -2.28. The fourth-order valence-electron chi connectivity index (χ4n) is 1.57. The number of nitrogens with one attached hydrogen (secondary N) is 1. The number of carbonyl (C=O) groups excluding carboxylic acids is 2. The topological polar surface area (TPSA) is 111 Å². The van der Waals surface area contributed by atoms with Crippen LogP contribution in [0, 0.1) is 0 Å². The SMILES string of the molecule is NC(=O)NN=C1C=Cc2cccc(N)c2C1=O. The van der Waals surface area contributed by atoms with Gasteiger partial charge in [0.1, 0.15) is 5.71 Å². The lowest BCUT2D eigenvalue weighted by molar-refractivity contribution is 0.106. The van der Waals surface area contributed by atoms with Crippen molar-refractivity contribution in [3.63, 3.8) is 0 Å². The molecule has 0 fully saturated rings. The van der Waals surface area contributed by atoms with E-state index in [2.05, 4.69) is 5.10 Å². The van der Waals surface area contributed by atoms with Crippen LogP contribution in [-0.2, 0) is 0 Å². The largest absolute Gasteiger partial charge is 0.398 e. The number of ketones is 1. The zero-order valence-corrected chi connectivity index (χ0v) is 8.81. The number of primary amides is 1. The third kappa shape index (κ3) is 2.00. The predicted molar refractivity (Wildman–Crippen MR) is 64.4 cm³/mol. The quantitative estimate of drug-likeness (QED) is 0.482. The third-order valence-corrected chi connectivity index (χ3v) is 2.30. The molecule has 0 unspecified atom stereocenters. The minimum Gasteiger partial charge on any atom is -0.398 e. The minimum absolute atomic E-state index is 0.0919. The van der Waals surface area contributed by atoms with Gasteiger partial charge in [-0.05, 0) is 17.7 Å². The van der Waals surface area contributed by atoms with Gasteiger partial charge in [-0.3, -0.25) is 4.79 Å². The lowest BCUT2D eigenvalue weighted by atomic mass is 9.93. The number of benzene rings is 1. The molecule has 0 saturated heterocycles. The van der Waals surface area contributed by atoms with Crippen LogP contribution >= 0.6 is 0 Å². The molecule has 1 aromatic carbocycles. The first kappa shape index (κ1) is 10.9. The van der Waals surface area contributed by atoms with E-state index in [9.17, 15) is 9.59 Å². The van der Waals surface area contributed by atoms with Crippen molar-refractivity contribution in [3.05, 3.63) is 35.4 Å². The highest BCUT2D eigenvalue weighted by atomic mass is 16.2. The summed E-state index contributed by atoms with van der Waals surface area (Å²) in [6.45, 7) is 0. The number of fused-ring (bicyclic) bond motifs is 1. The van der Waals surface area contributed by atoms with Gasteiger partial charge in [0.05, 0.1) is 5.56 Å². The van der Waals surface area contributed by atoms with Crippen molar-refractivity contribution >= 4 is 29.3 Å². The van der Waals surface area contributed by atoms with Gasteiger partial charge in [-0.1, -0.05) is 18.2 Å². The minimum atomic E-state index is -0.828. The monoisotopic (exact) mass is 230 g/mol. The number of hydrogen-bond acceptors (Lipinski definition) is 4. The standard InChI is InChI=1S/C11H10N4O2/c12-7-3-1-2-6-4-5-8(10(16)9(6)7)14-15-11(13)17/h1-5H,12H2,(H3,13,15,17). The number of allylic oxidation sites excluding steroid dienone is 1. The van der Waals surface area contributed by atoms with Crippen LogP contribution in [0.3, 0.4) is 0 Å². The molecule has 5 N–H and O–H groups in total. The Hall–Kier alpha value is -2.63. The van der Waals surface area contributed by atoms with Crippen molar-refractivity contribution in [3.8, 4) is 0 Å². The Kier molecular flexibility index (Phi) is 2.61. The van der Waals surface area contributed by atoms with E-state index in [1.54, 1.807) is 24.3 Å². The Balaban J connectivity index is 2.42. The zero-order valence-electron chi connectivity index (χ0n) is 8.81. The number of hydrazone groups is 1. The van der Waals surface area contributed by atoms with Crippen molar-refractivity contribution < 1.29 is 9.59 Å². The molecule has 1 aliphatic carbocycles. The number of amides is 2. The van der Waals surface area contributed by atoms with E-state index in [4.69, 9.17) is 11.5 Å². The Morgan fingerprint density at radius 3 is 2.76 bits per heavy atom. The van der Waals surface area contributed by atoms with Crippen molar-refractivity contribution in [2.45, 2.75) is 0 Å². The summed E-state index contributed by atoms with van der Waals surface area (Å²) in [6.07, 6.45) is 3.20. The van der Waals surface area contributed by atoms with Gasteiger partial charge in [-0.2, -0.15) is 5.10 Å². The number of carbonyl (C=O) groups is 2. The molecule has 1 aromatic rings. The van der Waals surface area contributed by atoms with E-state index in [0.29, 0.717) is 11.3 Å². The Labute approximate surface area is 97.0 Å². The van der Waals surface area contributed by atoms with Crippen molar-refractivity contribution in [2.24, 2.45) is 10.8 Å². The van der Waals surface area contributed by atoms with E-state index in [1.165, 1.54) is 6.08 Å². The van der Waals surface area contributed by atoms with Crippen LogP contribution in [0.2, 0.25) is 0 Å². The van der Waals surface area contributed by atoms with E-state index < -0.39 is 6.03 Å². The van der Waals surface area contributed by atoms with E-state index >= 15 is 0 Å². The second-order valence-electron chi connectivity index (χ2n) is 3.45. The average Bonchev–Trinajstić information content (AvgIpc) is 2.28. The van der Waals surface area contributed by atoms with E-state index in [-0.39, 0.29) is 11.5 Å². The number of nitrogen functional groups attached to an aromatic ring is 1. The number of hydrogen-bond donors (Lipinski definition) is 3. The maximum Gasteiger partial charge on any atom is 0.332 e. The van der Waals surface area contributed by atoms with Crippen LogP contribution in [0.1, 0.15) is 15.9 Å². The Bertz CT molecular complexity index is 561. The van der Waals surface area contributed by atoms with Gasteiger partial charge < -0.3 is 11.5 Å². The highest BCUT2D eigenvalue weighted by Crippen LogP contribution is 2.23. The fourth-order valence-corrected chi connectivity index (χ4v) is 1.57. The first-order chi connectivity index (χ1) is 8.09. The van der Waals surface area contributed by atoms with Crippen LogP contribution in [-0.4, -0.2) is 17.5 Å². The number of rotatable bonds is 1. The molecule has 1 aliphatic rings. The van der Waals surface area contributed by atoms with Crippen LogP contribution in [0.25, 0.3) is 6.08 Å². The molecule has 2 rings (SSSR count). The summed E-state index contributed by atoms with van der Waals surface area (Å²) in [5.74, 6) is -0.339. The highest BCUT2D eigenvalue weighted by molar-refractivity contribution is 6.53. The molecular formula is C11H10N4O2. The number of nitrogens with zero attached hydrogens (tertiary/aromatic N) is 1. The average molecular weight is 230 g/mol. The van der Waals surface area contributed by atoms with E-state index in [0.717, 1.165) is 5.56 Å². The maximum absolute atomic E-state index is 12.0. The Morgan fingerprint density at radius 1 is 1.29 bits per heavy atom. The summed E-state index contributed by atoms with van der Waals surface area (Å²) in [6, 6.07) is 4.34. The molecular weight excluding hydrogens is 220 g/mol. The molecule has 0 saturated carbocycles. The molecule has 6 nitrogen and oxygen atoms in total. The second kappa shape index (κ2) is 4.09. The Morgan fingerprint density at radius 2 is 2.06 bits per heavy atom. The van der Waals surface area contributed by atoms with E-state index in [1.807, 2.05) is 5.43 Å². The summed E-state index contributed by atoms with van der Waals surface area (Å²) in [7, 11) is 0. The van der Waals surface area contributed by atoms with Crippen LogP contribution in [0.15, 0.2) is 29.4 Å². The molecule has 0 spiro atoms. The first-order valence-corrected chi connectivity index (χ1v) is 4.84. The van der Waals surface area contributed by atoms with Crippen molar-refractivity contribution in [1.29, 1.82) is 0 Å². The first-order valence-electron chi connectivity index (χ1n) is 4.84. The summed E-state index contributed by atoms with van der Waals surface area (Å²) >= 11 is 0.